The zero-order valence-electron chi connectivity index (χ0n) is 27.2. The van der Waals surface area contributed by atoms with E-state index in [4.69, 9.17) is 4.98 Å². The van der Waals surface area contributed by atoms with Gasteiger partial charge in [0.1, 0.15) is 0 Å². The second-order valence-corrected chi connectivity index (χ2v) is 12.6. The van der Waals surface area contributed by atoms with Gasteiger partial charge in [0.05, 0.1) is 22.5 Å². The number of aryl methyl sites for hydroxylation is 1. The molecule has 0 spiro atoms. The van der Waals surface area contributed by atoms with Crippen molar-refractivity contribution in [2.24, 2.45) is 0 Å². The molecule has 0 atom stereocenters. The number of imidazole rings is 1. The summed E-state index contributed by atoms with van der Waals surface area (Å²) in [5, 5.41) is 4.79. The predicted octanol–water partition coefficient (Wildman–Crippen LogP) is 11.9. The summed E-state index contributed by atoms with van der Waals surface area (Å²) < 4.78 is 3.57. The monoisotopic (exact) mass is 838 g/mol. The fraction of sp³-hybridized carbons (Fsp3) is 0.0222. The SMILES string of the molecule is Cc1ccc2c(-c3nc4ccccc4n3-c3c(-c4ccccc4)cccc3-c3ccccc3)[c-]sc2c1.[Ir].[c-]1ccccc1-c1ccccn1. The molecule has 0 saturated heterocycles. The second kappa shape index (κ2) is 15.0. The van der Waals surface area contributed by atoms with E-state index in [2.05, 4.69) is 149 Å². The van der Waals surface area contributed by atoms with Crippen LogP contribution in [0.3, 0.4) is 0 Å². The summed E-state index contributed by atoms with van der Waals surface area (Å²) in [6.07, 6.45) is 1.79. The van der Waals surface area contributed by atoms with Gasteiger partial charge in [-0.05, 0) is 41.9 Å². The summed E-state index contributed by atoms with van der Waals surface area (Å²) in [6, 6.07) is 59.7. The van der Waals surface area contributed by atoms with Crippen molar-refractivity contribution in [3.05, 3.63) is 187 Å². The van der Waals surface area contributed by atoms with Crippen LogP contribution in [-0.2, 0) is 20.1 Å². The summed E-state index contributed by atoms with van der Waals surface area (Å²) in [6.45, 7) is 2.14. The smallest absolute Gasteiger partial charge is 0.0774 e. The first-order valence-electron chi connectivity index (χ1n) is 16.3. The van der Waals surface area contributed by atoms with Crippen LogP contribution in [0, 0.1) is 18.4 Å². The third kappa shape index (κ3) is 6.59. The molecule has 0 amide bonds. The van der Waals surface area contributed by atoms with Gasteiger partial charge in [0, 0.05) is 37.4 Å². The first-order valence-corrected chi connectivity index (χ1v) is 17.1. The van der Waals surface area contributed by atoms with E-state index in [9.17, 15) is 0 Å². The Hall–Kier alpha value is -5.45. The summed E-state index contributed by atoms with van der Waals surface area (Å²) >= 11 is 1.66. The molecule has 0 fully saturated rings. The van der Waals surface area contributed by atoms with Crippen molar-refractivity contribution in [1.82, 2.24) is 14.5 Å². The molecule has 9 aromatic rings. The van der Waals surface area contributed by atoms with Crippen molar-refractivity contribution in [1.29, 1.82) is 0 Å². The number of thiophene rings is 1. The fourth-order valence-corrected chi connectivity index (χ4v) is 7.17. The Balaban J connectivity index is 0.000000255. The van der Waals surface area contributed by atoms with Gasteiger partial charge < -0.3 is 9.55 Å². The van der Waals surface area contributed by atoms with Gasteiger partial charge in [-0.1, -0.05) is 136 Å². The number of aromatic nitrogens is 3. The molecule has 1 radical (unpaired) electrons. The summed E-state index contributed by atoms with van der Waals surface area (Å²) in [7, 11) is 0. The van der Waals surface area contributed by atoms with Crippen molar-refractivity contribution in [2.75, 3.05) is 0 Å². The van der Waals surface area contributed by atoms with E-state index in [1.807, 2.05) is 42.5 Å². The molecule has 3 nitrogen and oxygen atoms in total. The van der Waals surface area contributed by atoms with Crippen molar-refractivity contribution >= 4 is 32.5 Å². The van der Waals surface area contributed by atoms with E-state index in [-0.39, 0.29) is 20.1 Å². The van der Waals surface area contributed by atoms with Crippen LogP contribution < -0.4 is 0 Å². The van der Waals surface area contributed by atoms with Crippen LogP contribution >= 0.6 is 11.3 Å². The van der Waals surface area contributed by atoms with Crippen molar-refractivity contribution in [2.45, 2.75) is 6.92 Å². The minimum absolute atomic E-state index is 0. The maximum Gasteiger partial charge on any atom is 0.0774 e. The maximum absolute atomic E-state index is 5.21. The standard InChI is InChI=1S/C34H23N2S.C11H8N.Ir/c1-23-19-20-28-29(22-37-32(28)21-23)34-35-30-17-8-9-18-31(30)36(34)33-26(24-11-4-2-5-12-24)15-10-16-27(33)25-13-6-3-7-14-25;1-2-6-10(7-3-1)11-8-4-5-9-12-11;/h2-21H,1H3;1-6,8-9H;/q2*-1;. The number of nitrogens with zero attached hydrogens (tertiary/aromatic N) is 3. The average Bonchev–Trinajstić information content (AvgIpc) is 3.77. The second-order valence-electron chi connectivity index (χ2n) is 11.8. The van der Waals surface area contributed by atoms with E-state index >= 15 is 0 Å². The molecule has 9 rings (SSSR count). The van der Waals surface area contributed by atoms with Gasteiger partial charge >= 0.3 is 0 Å². The summed E-state index contributed by atoms with van der Waals surface area (Å²) in [5.74, 6) is 0.914. The molecular weight excluding hydrogens is 807 g/mol. The molecule has 0 aliphatic carbocycles. The Bertz CT molecular complexity index is 2390. The van der Waals surface area contributed by atoms with Crippen LogP contribution in [0.25, 0.3) is 71.7 Å². The molecule has 5 heteroatoms. The molecule has 0 bridgehead atoms. The third-order valence-electron chi connectivity index (χ3n) is 8.53. The van der Waals surface area contributed by atoms with E-state index in [1.165, 1.54) is 37.9 Å². The molecule has 0 aliphatic rings. The molecule has 0 aliphatic heterocycles. The minimum atomic E-state index is 0. The molecule has 243 valence electrons. The Labute approximate surface area is 309 Å². The Morgan fingerprint density at radius 2 is 1.32 bits per heavy atom. The van der Waals surface area contributed by atoms with E-state index in [0.29, 0.717) is 0 Å². The number of fused-ring (bicyclic) bond motifs is 2. The van der Waals surface area contributed by atoms with E-state index in [1.54, 1.807) is 17.5 Å². The zero-order chi connectivity index (χ0) is 33.0. The normalized spacial score (nSPS) is 10.7. The summed E-state index contributed by atoms with van der Waals surface area (Å²) in [4.78, 5) is 9.43. The van der Waals surface area contributed by atoms with Crippen molar-refractivity contribution < 1.29 is 20.1 Å². The van der Waals surface area contributed by atoms with Gasteiger partial charge in [-0.2, -0.15) is 0 Å². The van der Waals surface area contributed by atoms with Gasteiger partial charge in [-0.25, -0.2) is 0 Å². The van der Waals surface area contributed by atoms with Crippen LogP contribution in [0.15, 0.2) is 170 Å². The predicted molar refractivity (Wildman–Crippen MR) is 205 cm³/mol. The molecule has 6 aromatic carbocycles. The first kappa shape index (κ1) is 33.1. The molecule has 0 unspecified atom stereocenters. The van der Waals surface area contributed by atoms with Gasteiger partial charge in [0.25, 0.3) is 0 Å². The van der Waals surface area contributed by atoms with Crippen LogP contribution in [0.1, 0.15) is 5.56 Å². The van der Waals surface area contributed by atoms with Gasteiger partial charge in [0.2, 0.25) is 0 Å². The molecular formula is C45H31IrN3S-2. The third-order valence-corrected chi connectivity index (χ3v) is 9.40. The fourth-order valence-electron chi connectivity index (χ4n) is 6.23. The van der Waals surface area contributed by atoms with Crippen molar-refractivity contribution in [3.63, 3.8) is 0 Å². The number of hydrogen-bond donors (Lipinski definition) is 0. The Kier molecular flexibility index (Phi) is 9.91. The molecule has 50 heavy (non-hydrogen) atoms. The first-order chi connectivity index (χ1) is 24.2. The number of rotatable bonds is 5. The molecule has 3 heterocycles. The number of benzene rings is 6. The van der Waals surface area contributed by atoms with Gasteiger partial charge in [0.15, 0.2) is 0 Å². The maximum atomic E-state index is 5.21. The van der Waals surface area contributed by atoms with Crippen LogP contribution in [0.4, 0.5) is 0 Å². The Morgan fingerprint density at radius 1 is 0.640 bits per heavy atom. The van der Waals surface area contributed by atoms with Crippen molar-refractivity contribution in [3.8, 4) is 50.6 Å². The van der Waals surface area contributed by atoms with E-state index in [0.717, 1.165) is 39.4 Å². The topological polar surface area (TPSA) is 30.7 Å². The van der Waals surface area contributed by atoms with Crippen LogP contribution in [0.5, 0.6) is 0 Å². The largest absolute Gasteiger partial charge is 0.332 e. The van der Waals surface area contributed by atoms with E-state index < -0.39 is 0 Å². The number of para-hydroxylation sites is 3. The quantitative estimate of drug-likeness (QED) is 0.162. The average molecular weight is 838 g/mol. The minimum Gasteiger partial charge on any atom is -0.332 e. The van der Waals surface area contributed by atoms with Gasteiger partial charge in [-0.3, -0.25) is 16.3 Å². The molecule has 0 N–H and O–H groups in total. The van der Waals surface area contributed by atoms with Crippen LogP contribution in [0.2, 0.25) is 0 Å². The van der Waals surface area contributed by atoms with Gasteiger partial charge in [-0.15, -0.1) is 47.3 Å². The number of pyridine rings is 1. The Morgan fingerprint density at radius 3 is 2.00 bits per heavy atom. The zero-order valence-corrected chi connectivity index (χ0v) is 30.5. The van der Waals surface area contributed by atoms with Crippen LogP contribution in [-0.4, -0.2) is 14.5 Å². The number of hydrogen-bond acceptors (Lipinski definition) is 3. The molecule has 3 aromatic heterocycles. The molecule has 0 saturated carbocycles. The summed E-state index contributed by atoms with van der Waals surface area (Å²) in [5.41, 5.74) is 12.2.